The molecule has 32 heavy (non-hydrogen) atoms. The number of nitrogens with two attached hydrogens (primary N) is 1. The lowest BCUT2D eigenvalue weighted by Gasteiger charge is -2.20. The summed E-state index contributed by atoms with van der Waals surface area (Å²) in [4.78, 5) is 14.4. The van der Waals surface area contributed by atoms with Crippen molar-refractivity contribution in [1.82, 2.24) is 4.90 Å². The molecule has 0 aliphatic carbocycles. The van der Waals surface area contributed by atoms with E-state index in [9.17, 15) is 9.18 Å². The molecule has 0 heterocycles. The Morgan fingerprint density at radius 1 is 1.16 bits per heavy atom. The molecule has 0 radical (unpaired) electrons. The number of halogens is 2. The van der Waals surface area contributed by atoms with Crippen molar-refractivity contribution in [3.05, 3.63) is 58.9 Å². The smallest absolute Gasteiger partial charge is 0.309 e. The molecule has 2 atom stereocenters. The summed E-state index contributed by atoms with van der Waals surface area (Å²) in [6.45, 7) is 4.08. The molecule has 0 fully saturated rings. The first-order valence-corrected chi connectivity index (χ1v) is 11.4. The molecule has 5 nitrogen and oxygen atoms in total. The zero-order valence-electron chi connectivity index (χ0n) is 19.2. The fourth-order valence-electron chi connectivity index (χ4n) is 3.46. The summed E-state index contributed by atoms with van der Waals surface area (Å²) in [6.07, 6.45) is 1.70. The number of likely N-dealkylation sites (N-methyl/N-ethyl adjacent to an activating group) is 1. The van der Waals surface area contributed by atoms with E-state index in [0.717, 1.165) is 17.7 Å². The number of esters is 1. The maximum absolute atomic E-state index is 14.1. The van der Waals surface area contributed by atoms with E-state index in [2.05, 4.69) is 0 Å². The van der Waals surface area contributed by atoms with E-state index in [1.54, 1.807) is 13.0 Å². The van der Waals surface area contributed by atoms with Crippen molar-refractivity contribution >= 4 is 17.6 Å². The maximum Gasteiger partial charge on any atom is 0.309 e. The van der Waals surface area contributed by atoms with E-state index >= 15 is 0 Å². The number of rotatable bonds is 13. The van der Waals surface area contributed by atoms with Crippen LogP contribution in [0.4, 0.5) is 4.39 Å². The standard InChI is InChI=1S/C25H34ClFN2O3/c1-4-32-25(30)20(11-13-31-14-12-29(2)3)16-22(28)15-18-5-7-19(8-6-18)23-17-21(26)9-10-24(23)27/h5-10,17,20,22H,4,11-16,28H2,1-3H3/t20-,22-/m1/s1. The van der Waals surface area contributed by atoms with Gasteiger partial charge in [-0.15, -0.1) is 0 Å². The van der Waals surface area contributed by atoms with E-state index in [-0.39, 0.29) is 23.7 Å². The van der Waals surface area contributed by atoms with Crippen LogP contribution in [-0.4, -0.2) is 57.4 Å². The fourth-order valence-corrected chi connectivity index (χ4v) is 3.63. The predicted molar refractivity (Wildman–Crippen MR) is 127 cm³/mol. The largest absolute Gasteiger partial charge is 0.466 e. The average molecular weight is 465 g/mol. The third kappa shape index (κ3) is 8.87. The molecular weight excluding hydrogens is 431 g/mol. The number of ether oxygens (including phenoxy) is 2. The molecule has 0 bridgehead atoms. The van der Waals surface area contributed by atoms with Crippen molar-refractivity contribution in [3.63, 3.8) is 0 Å². The van der Waals surface area contributed by atoms with Crippen LogP contribution in [0.1, 0.15) is 25.3 Å². The van der Waals surface area contributed by atoms with E-state index < -0.39 is 0 Å². The lowest BCUT2D eigenvalue weighted by Crippen LogP contribution is -2.31. The van der Waals surface area contributed by atoms with E-state index in [4.69, 9.17) is 26.8 Å². The molecule has 0 aliphatic heterocycles. The first kappa shape index (κ1) is 26.3. The Morgan fingerprint density at radius 2 is 1.88 bits per heavy atom. The van der Waals surface area contributed by atoms with Gasteiger partial charge in [-0.3, -0.25) is 4.79 Å². The summed E-state index contributed by atoms with van der Waals surface area (Å²) in [5, 5.41) is 0.489. The summed E-state index contributed by atoms with van der Waals surface area (Å²) in [7, 11) is 3.98. The molecular formula is C25H34ClFN2O3. The van der Waals surface area contributed by atoms with E-state index in [1.165, 1.54) is 12.1 Å². The highest BCUT2D eigenvalue weighted by molar-refractivity contribution is 6.30. The Kier molecular flexibility index (Phi) is 11.1. The molecule has 0 saturated carbocycles. The van der Waals surface area contributed by atoms with Crippen molar-refractivity contribution in [2.75, 3.05) is 40.5 Å². The SMILES string of the molecule is CCOC(=O)[C@H](CCOCCN(C)C)C[C@H](N)Cc1ccc(-c2cc(Cl)ccc2F)cc1. The van der Waals surface area contributed by atoms with Gasteiger partial charge in [-0.1, -0.05) is 35.9 Å². The molecule has 0 unspecified atom stereocenters. The summed E-state index contributed by atoms with van der Waals surface area (Å²) >= 11 is 6.00. The molecule has 2 N–H and O–H groups in total. The van der Waals surface area contributed by atoms with Crippen LogP contribution in [0.2, 0.25) is 5.02 Å². The van der Waals surface area contributed by atoms with Crippen LogP contribution in [0.15, 0.2) is 42.5 Å². The van der Waals surface area contributed by atoms with Gasteiger partial charge in [-0.25, -0.2) is 4.39 Å². The Morgan fingerprint density at radius 3 is 2.53 bits per heavy atom. The lowest BCUT2D eigenvalue weighted by atomic mass is 9.93. The highest BCUT2D eigenvalue weighted by Gasteiger charge is 2.23. The molecule has 2 aromatic rings. The molecule has 2 aromatic carbocycles. The maximum atomic E-state index is 14.1. The van der Waals surface area contributed by atoms with Gasteiger partial charge in [0.2, 0.25) is 0 Å². The number of benzene rings is 2. The summed E-state index contributed by atoms with van der Waals surface area (Å²) in [6, 6.07) is 11.9. The Hall–Kier alpha value is -1.99. The van der Waals surface area contributed by atoms with Crippen molar-refractivity contribution in [3.8, 4) is 11.1 Å². The minimum Gasteiger partial charge on any atom is -0.466 e. The second-order valence-corrected chi connectivity index (χ2v) is 8.61. The summed E-state index contributed by atoms with van der Waals surface area (Å²) in [5.41, 5.74) is 8.61. The van der Waals surface area contributed by atoms with E-state index in [1.807, 2.05) is 43.3 Å². The third-order valence-corrected chi connectivity index (χ3v) is 5.43. The second-order valence-electron chi connectivity index (χ2n) is 8.17. The van der Waals surface area contributed by atoms with Crippen LogP contribution in [0.3, 0.4) is 0 Å². The zero-order valence-corrected chi connectivity index (χ0v) is 19.9. The Balaban J connectivity index is 1.93. The van der Waals surface area contributed by atoms with Gasteiger partial charge in [0, 0.05) is 29.8 Å². The van der Waals surface area contributed by atoms with Crippen LogP contribution >= 0.6 is 11.6 Å². The van der Waals surface area contributed by atoms with Crippen molar-refractivity contribution in [2.45, 2.75) is 32.2 Å². The summed E-state index contributed by atoms with van der Waals surface area (Å²) < 4.78 is 25.0. The minimum atomic E-state index is -0.316. The van der Waals surface area contributed by atoms with Crippen LogP contribution < -0.4 is 5.73 Å². The van der Waals surface area contributed by atoms with E-state index in [0.29, 0.717) is 49.7 Å². The van der Waals surface area contributed by atoms with Crippen LogP contribution in [0.25, 0.3) is 11.1 Å². The Bertz CT molecular complexity index is 846. The molecule has 0 saturated heterocycles. The molecule has 2 rings (SSSR count). The topological polar surface area (TPSA) is 64.8 Å². The average Bonchev–Trinajstić information content (AvgIpc) is 2.75. The van der Waals surface area contributed by atoms with Crippen LogP contribution in [-0.2, 0) is 20.7 Å². The van der Waals surface area contributed by atoms with Gasteiger partial charge in [0.05, 0.1) is 19.1 Å². The van der Waals surface area contributed by atoms with Gasteiger partial charge < -0.3 is 20.1 Å². The van der Waals surface area contributed by atoms with Gasteiger partial charge >= 0.3 is 5.97 Å². The number of carbonyl (C=O) groups excluding carboxylic acids is 1. The van der Waals surface area contributed by atoms with Crippen molar-refractivity contribution in [1.29, 1.82) is 0 Å². The van der Waals surface area contributed by atoms with Crippen molar-refractivity contribution < 1.29 is 18.7 Å². The third-order valence-electron chi connectivity index (χ3n) is 5.19. The van der Waals surface area contributed by atoms with Crippen LogP contribution in [0.5, 0.6) is 0 Å². The summed E-state index contributed by atoms with van der Waals surface area (Å²) in [5.74, 6) is -0.848. The number of nitrogens with zero attached hydrogens (tertiary/aromatic N) is 1. The second kappa shape index (κ2) is 13.5. The molecule has 176 valence electrons. The molecule has 0 aliphatic rings. The first-order chi connectivity index (χ1) is 15.3. The molecule has 7 heteroatoms. The van der Waals surface area contributed by atoms with Gasteiger partial charge in [0.1, 0.15) is 5.82 Å². The predicted octanol–water partition coefficient (Wildman–Crippen LogP) is 4.55. The molecule has 0 amide bonds. The highest BCUT2D eigenvalue weighted by Crippen LogP contribution is 2.26. The Labute approximate surface area is 195 Å². The molecule has 0 spiro atoms. The number of carbonyl (C=O) groups is 1. The van der Waals surface area contributed by atoms with Gasteiger partial charge in [-0.05, 0) is 69.6 Å². The van der Waals surface area contributed by atoms with Crippen LogP contribution in [0, 0.1) is 11.7 Å². The van der Waals surface area contributed by atoms with Crippen molar-refractivity contribution in [2.24, 2.45) is 11.7 Å². The first-order valence-electron chi connectivity index (χ1n) is 11.0. The fraction of sp³-hybridized carbons (Fsp3) is 0.480. The van der Waals surface area contributed by atoms with Gasteiger partial charge in [0.25, 0.3) is 0 Å². The lowest BCUT2D eigenvalue weighted by molar-refractivity contribution is -0.149. The van der Waals surface area contributed by atoms with Gasteiger partial charge in [-0.2, -0.15) is 0 Å². The quantitative estimate of drug-likeness (QED) is 0.348. The zero-order chi connectivity index (χ0) is 23.5. The number of hydrogen-bond acceptors (Lipinski definition) is 5. The monoisotopic (exact) mass is 464 g/mol. The normalized spacial score (nSPS) is 13.2. The minimum absolute atomic E-state index is 0.208. The van der Waals surface area contributed by atoms with Gasteiger partial charge in [0.15, 0.2) is 0 Å². The molecule has 0 aromatic heterocycles. The number of hydrogen-bond donors (Lipinski definition) is 1. The highest BCUT2D eigenvalue weighted by atomic mass is 35.5.